The normalized spacial score (nSPS) is 22.7. The molecule has 3 aliphatic rings. The summed E-state index contributed by atoms with van der Waals surface area (Å²) < 4.78 is 19.5. The van der Waals surface area contributed by atoms with Crippen LogP contribution in [0, 0.1) is 5.82 Å². The molecule has 0 radical (unpaired) electrons. The number of hydrogen-bond acceptors (Lipinski definition) is 6. The lowest BCUT2D eigenvalue weighted by Gasteiger charge is -2.26. The second-order valence-corrected chi connectivity index (χ2v) is 6.46. The van der Waals surface area contributed by atoms with Crippen molar-refractivity contribution in [3.63, 3.8) is 0 Å². The lowest BCUT2D eigenvalue weighted by molar-refractivity contribution is -0.117. The minimum Gasteiger partial charge on any atom is -0.491 e. The van der Waals surface area contributed by atoms with E-state index in [1.807, 2.05) is 31.1 Å². The highest BCUT2D eigenvalue weighted by molar-refractivity contribution is 5.99. The third kappa shape index (κ3) is 2.92. The van der Waals surface area contributed by atoms with Crippen molar-refractivity contribution >= 4 is 11.7 Å². The number of carbonyl (C=O) groups excluding carboxylic acids is 1. The van der Waals surface area contributed by atoms with E-state index in [1.165, 1.54) is 12.1 Å². The molecule has 3 heterocycles. The van der Waals surface area contributed by atoms with E-state index in [1.54, 1.807) is 11.1 Å². The van der Waals surface area contributed by atoms with Crippen LogP contribution in [-0.2, 0) is 11.3 Å². The number of benzene rings is 1. The van der Waals surface area contributed by atoms with Crippen LogP contribution in [0.5, 0.6) is 5.75 Å². The molecule has 2 bridgehead atoms. The van der Waals surface area contributed by atoms with E-state index in [0.717, 1.165) is 5.56 Å². The number of nitrogens with one attached hydrogen (secondary N) is 2. The van der Waals surface area contributed by atoms with Gasteiger partial charge < -0.3 is 15.0 Å². The maximum Gasteiger partial charge on any atom is 0.252 e. The predicted molar refractivity (Wildman–Crippen MR) is 94.4 cm³/mol. The Morgan fingerprint density at radius 3 is 3.08 bits per heavy atom. The summed E-state index contributed by atoms with van der Waals surface area (Å²) in [6.45, 7) is 3.00. The number of ether oxygens (including phenoxy) is 1. The second-order valence-electron chi connectivity index (χ2n) is 6.46. The molecule has 0 aliphatic carbocycles. The van der Waals surface area contributed by atoms with Crippen molar-refractivity contribution in [2.45, 2.75) is 19.5 Å². The number of carbonyl (C=O) groups is 1. The van der Waals surface area contributed by atoms with Crippen molar-refractivity contribution in [1.29, 1.82) is 0 Å². The van der Waals surface area contributed by atoms with Gasteiger partial charge in [0.05, 0.1) is 18.2 Å². The molecule has 8 heteroatoms. The molecule has 1 aromatic carbocycles. The zero-order valence-corrected chi connectivity index (χ0v) is 14.6. The molecule has 0 saturated heterocycles. The average molecular weight is 357 g/mol. The van der Waals surface area contributed by atoms with E-state index in [4.69, 9.17) is 4.74 Å². The van der Waals surface area contributed by atoms with Gasteiger partial charge in [0.2, 0.25) is 0 Å². The Bertz CT molecular complexity index is 848. The molecule has 0 fully saturated rings. The summed E-state index contributed by atoms with van der Waals surface area (Å²) >= 11 is 0. The molecule has 0 aromatic heterocycles. The third-order valence-electron chi connectivity index (χ3n) is 4.54. The van der Waals surface area contributed by atoms with E-state index in [0.29, 0.717) is 42.7 Å². The first-order valence-electron chi connectivity index (χ1n) is 8.50. The SMILES string of the molecule is CC1NN2C=CC3=NC2=C1C(=O)NCCOc1ccc(F)cc1CN3C. The smallest absolute Gasteiger partial charge is 0.252 e. The highest BCUT2D eigenvalue weighted by atomic mass is 19.1. The van der Waals surface area contributed by atoms with Crippen LogP contribution in [0.4, 0.5) is 4.39 Å². The van der Waals surface area contributed by atoms with Gasteiger partial charge in [0.25, 0.3) is 5.91 Å². The molecule has 1 atom stereocenters. The first kappa shape index (κ1) is 16.6. The zero-order valence-electron chi connectivity index (χ0n) is 14.6. The van der Waals surface area contributed by atoms with Crippen LogP contribution in [0.3, 0.4) is 0 Å². The first-order chi connectivity index (χ1) is 12.5. The topological polar surface area (TPSA) is 69.2 Å². The van der Waals surface area contributed by atoms with E-state index >= 15 is 0 Å². The second kappa shape index (κ2) is 6.45. The molecule has 136 valence electrons. The van der Waals surface area contributed by atoms with Crippen LogP contribution in [-0.4, -0.2) is 47.9 Å². The van der Waals surface area contributed by atoms with E-state index in [2.05, 4.69) is 15.7 Å². The van der Waals surface area contributed by atoms with Gasteiger partial charge >= 0.3 is 0 Å². The third-order valence-corrected chi connectivity index (χ3v) is 4.54. The molecule has 1 aromatic rings. The monoisotopic (exact) mass is 357 g/mol. The number of amides is 1. The fourth-order valence-corrected chi connectivity index (χ4v) is 3.25. The summed E-state index contributed by atoms with van der Waals surface area (Å²) in [5.41, 5.74) is 4.51. The van der Waals surface area contributed by atoms with Gasteiger partial charge in [-0.25, -0.2) is 14.8 Å². The lowest BCUT2D eigenvalue weighted by Crippen LogP contribution is -2.37. The average Bonchev–Trinajstić information content (AvgIpc) is 2.94. The van der Waals surface area contributed by atoms with Crippen molar-refractivity contribution < 1.29 is 13.9 Å². The highest BCUT2D eigenvalue weighted by Crippen LogP contribution is 2.27. The van der Waals surface area contributed by atoms with Crippen LogP contribution in [0.2, 0.25) is 0 Å². The number of amidine groups is 1. The molecule has 1 amide bonds. The molecular weight excluding hydrogens is 337 g/mol. The van der Waals surface area contributed by atoms with Crippen LogP contribution in [0.25, 0.3) is 0 Å². The van der Waals surface area contributed by atoms with Gasteiger partial charge in [0.1, 0.15) is 24.0 Å². The Labute approximate surface area is 150 Å². The Morgan fingerprint density at radius 2 is 2.23 bits per heavy atom. The lowest BCUT2D eigenvalue weighted by atomic mass is 10.1. The van der Waals surface area contributed by atoms with Gasteiger partial charge in [-0.2, -0.15) is 0 Å². The van der Waals surface area contributed by atoms with Gasteiger partial charge in [-0.1, -0.05) is 0 Å². The van der Waals surface area contributed by atoms with E-state index in [-0.39, 0.29) is 17.8 Å². The summed E-state index contributed by atoms with van der Waals surface area (Å²) in [5.74, 6) is 1.38. The Hall–Kier alpha value is -2.87. The number of halogens is 1. The number of fused-ring (bicyclic) bond motifs is 1. The maximum atomic E-state index is 13.7. The van der Waals surface area contributed by atoms with Crippen LogP contribution in [0.15, 0.2) is 46.9 Å². The van der Waals surface area contributed by atoms with Gasteiger partial charge in [-0.05, 0) is 31.2 Å². The van der Waals surface area contributed by atoms with Gasteiger partial charge in [-0.15, -0.1) is 0 Å². The maximum absolute atomic E-state index is 13.7. The highest BCUT2D eigenvalue weighted by Gasteiger charge is 2.34. The molecule has 1 unspecified atom stereocenters. The standard InChI is InChI=1S/C18H20FN5O2/c1-11-16-17-21-15(5-7-24(17)22-11)23(2)10-12-9-13(19)3-4-14(12)26-8-6-20-18(16)25/h3-5,7,9,11,22H,6,8,10H2,1-2H3,(H,20,25). The van der Waals surface area contributed by atoms with Crippen molar-refractivity contribution in [3.8, 4) is 5.75 Å². The Balaban J connectivity index is 1.75. The number of hydrazine groups is 1. The summed E-state index contributed by atoms with van der Waals surface area (Å²) in [4.78, 5) is 19.2. The molecule has 7 nitrogen and oxygen atoms in total. The van der Waals surface area contributed by atoms with Crippen LogP contribution >= 0.6 is 0 Å². The molecule has 4 rings (SSSR count). The Kier molecular flexibility index (Phi) is 4.12. The van der Waals surface area contributed by atoms with Gasteiger partial charge in [-0.3, -0.25) is 9.80 Å². The van der Waals surface area contributed by atoms with Crippen molar-refractivity contribution in [3.05, 3.63) is 53.2 Å². The summed E-state index contributed by atoms with van der Waals surface area (Å²) in [6, 6.07) is 4.30. The van der Waals surface area contributed by atoms with Crippen LogP contribution < -0.4 is 15.5 Å². The van der Waals surface area contributed by atoms with E-state index in [9.17, 15) is 9.18 Å². The number of aliphatic imine (C=N–C) groups is 1. The minimum absolute atomic E-state index is 0.152. The summed E-state index contributed by atoms with van der Waals surface area (Å²) in [5, 5.41) is 4.62. The van der Waals surface area contributed by atoms with Gasteiger partial charge in [0, 0.05) is 25.4 Å². The fourth-order valence-electron chi connectivity index (χ4n) is 3.25. The molecule has 0 saturated carbocycles. The number of nitrogens with zero attached hydrogens (tertiary/aromatic N) is 3. The minimum atomic E-state index is -0.315. The summed E-state index contributed by atoms with van der Waals surface area (Å²) in [7, 11) is 1.87. The molecule has 26 heavy (non-hydrogen) atoms. The van der Waals surface area contributed by atoms with Crippen molar-refractivity contribution in [1.82, 2.24) is 20.7 Å². The van der Waals surface area contributed by atoms with E-state index < -0.39 is 0 Å². The largest absolute Gasteiger partial charge is 0.491 e. The first-order valence-corrected chi connectivity index (χ1v) is 8.50. The molecular formula is C18H20FN5O2. The number of likely N-dealkylation sites (N-methyl/N-ethyl adjacent to an activating group) is 1. The molecule has 0 spiro atoms. The van der Waals surface area contributed by atoms with Crippen molar-refractivity contribution in [2.24, 2.45) is 4.99 Å². The number of rotatable bonds is 0. The molecule has 3 aliphatic heterocycles. The zero-order chi connectivity index (χ0) is 18.3. The quantitative estimate of drug-likeness (QED) is 0.728. The summed E-state index contributed by atoms with van der Waals surface area (Å²) in [6.07, 6.45) is 3.69. The predicted octanol–water partition coefficient (Wildman–Crippen LogP) is 1.11. The fraction of sp³-hybridized carbons (Fsp3) is 0.333. The number of hydrogen-bond donors (Lipinski definition) is 2. The van der Waals surface area contributed by atoms with Gasteiger partial charge in [0.15, 0.2) is 5.82 Å². The molecule has 2 N–H and O–H groups in total. The van der Waals surface area contributed by atoms with Crippen LogP contribution in [0.1, 0.15) is 12.5 Å². The van der Waals surface area contributed by atoms with Crippen molar-refractivity contribution in [2.75, 3.05) is 20.2 Å². The Morgan fingerprint density at radius 1 is 1.38 bits per heavy atom.